The van der Waals surface area contributed by atoms with Gasteiger partial charge in [-0.2, -0.15) is 0 Å². The van der Waals surface area contributed by atoms with Crippen molar-refractivity contribution in [3.63, 3.8) is 0 Å². The third-order valence-corrected chi connectivity index (χ3v) is 5.16. The molecule has 2 aromatic carbocycles. The number of benzene rings is 2. The van der Waals surface area contributed by atoms with Crippen molar-refractivity contribution < 1.29 is 25.2 Å². The Labute approximate surface area is 166 Å². The van der Waals surface area contributed by atoms with Crippen molar-refractivity contribution in [3.8, 4) is 23.0 Å². The Morgan fingerprint density at radius 3 is 1.46 bits per heavy atom. The maximum Gasteiger partial charge on any atom is 0.148 e. The van der Waals surface area contributed by atoms with Gasteiger partial charge in [0.05, 0.1) is 0 Å². The van der Waals surface area contributed by atoms with E-state index in [0.29, 0.717) is 24.0 Å². The van der Waals surface area contributed by atoms with Crippen molar-refractivity contribution in [2.24, 2.45) is 0 Å². The molecule has 152 valence electrons. The zero-order valence-corrected chi connectivity index (χ0v) is 16.6. The van der Waals surface area contributed by atoms with Crippen molar-refractivity contribution >= 4 is 5.78 Å². The van der Waals surface area contributed by atoms with Crippen LogP contribution in [-0.4, -0.2) is 26.2 Å². The third-order valence-electron chi connectivity index (χ3n) is 5.16. The molecule has 0 spiro atoms. The van der Waals surface area contributed by atoms with E-state index >= 15 is 0 Å². The van der Waals surface area contributed by atoms with Crippen LogP contribution in [0.15, 0.2) is 36.4 Å². The number of ketones is 1. The lowest BCUT2D eigenvalue weighted by molar-refractivity contribution is -0.122. The largest absolute Gasteiger partial charge is 0.508 e. The maximum absolute atomic E-state index is 13.6. The first kappa shape index (κ1) is 21.6. The second kappa shape index (κ2) is 10.0. The van der Waals surface area contributed by atoms with Crippen LogP contribution >= 0.6 is 0 Å². The van der Waals surface area contributed by atoms with E-state index in [0.717, 1.165) is 25.7 Å². The average Bonchev–Trinajstić information content (AvgIpc) is 2.65. The standard InChI is InChI=1S/C23H30O5/c1-3-5-7-19(17-11-9-15(24)13-21(17)26)23(28)20(8-6-4-2)18-12-10-16(25)14-22(18)27/h9-14,19-20,24-27H,3-8H2,1-2H3. The van der Waals surface area contributed by atoms with Gasteiger partial charge in [0, 0.05) is 35.1 Å². The summed E-state index contributed by atoms with van der Waals surface area (Å²) in [6.45, 7) is 4.08. The maximum atomic E-state index is 13.6. The molecular weight excluding hydrogens is 356 g/mol. The van der Waals surface area contributed by atoms with Gasteiger partial charge in [0.15, 0.2) is 0 Å². The van der Waals surface area contributed by atoms with Crippen LogP contribution in [0, 0.1) is 0 Å². The summed E-state index contributed by atoms with van der Waals surface area (Å²) in [5.74, 6) is -1.43. The van der Waals surface area contributed by atoms with Gasteiger partial charge in [-0.15, -0.1) is 0 Å². The minimum absolute atomic E-state index is 0.0540. The van der Waals surface area contributed by atoms with Gasteiger partial charge >= 0.3 is 0 Å². The highest BCUT2D eigenvalue weighted by molar-refractivity contribution is 5.93. The Morgan fingerprint density at radius 2 is 1.14 bits per heavy atom. The topological polar surface area (TPSA) is 98.0 Å². The fourth-order valence-electron chi connectivity index (χ4n) is 3.61. The molecule has 0 aromatic heterocycles. The van der Waals surface area contributed by atoms with Gasteiger partial charge in [-0.25, -0.2) is 0 Å². The van der Waals surface area contributed by atoms with E-state index < -0.39 is 11.8 Å². The van der Waals surface area contributed by atoms with Gasteiger partial charge in [0.25, 0.3) is 0 Å². The number of Topliss-reactive ketones (excluding diaryl/α,β-unsaturated/α-hetero) is 1. The Balaban J connectivity index is 2.46. The Hall–Kier alpha value is -2.69. The zero-order valence-electron chi connectivity index (χ0n) is 16.6. The zero-order chi connectivity index (χ0) is 20.7. The predicted molar refractivity (Wildman–Crippen MR) is 109 cm³/mol. The number of hydrogen-bond donors (Lipinski definition) is 4. The number of carbonyl (C=O) groups is 1. The molecule has 0 saturated heterocycles. The number of rotatable bonds is 10. The summed E-state index contributed by atoms with van der Waals surface area (Å²) in [6.07, 6.45) is 4.61. The molecule has 0 heterocycles. The summed E-state index contributed by atoms with van der Waals surface area (Å²) in [7, 11) is 0. The molecule has 0 amide bonds. The third kappa shape index (κ3) is 5.18. The Bertz CT molecular complexity index is 734. The fourth-order valence-corrected chi connectivity index (χ4v) is 3.61. The SMILES string of the molecule is CCCCC(C(=O)C(CCCC)c1ccc(O)cc1O)c1ccc(O)cc1O. The first-order valence-corrected chi connectivity index (χ1v) is 9.96. The first-order chi connectivity index (χ1) is 13.4. The number of phenols is 4. The average molecular weight is 386 g/mol. The van der Waals surface area contributed by atoms with Crippen molar-refractivity contribution in [1.82, 2.24) is 0 Å². The molecule has 2 aromatic rings. The summed E-state index contributed by atoms with van der Waals surface area (Å²) in [4.78, 5) is 13.6. The highest BCUT2D eigenvalue weighted by Crippen LogP contribution is 2.40. The van der Waals surface area contributed by atoms with Gasteiger partial charge in [0.1, 0.15) is 28.8 Å². The van der Waals surface area contributed by atoms with E-state index in [1.165, 1.54) is 24.3 Å². The smallest absolute Gasteiger partial charge is 0.148 e. The molecule has 28 heavy (non-hydrogen) atoms. The summed E-state index contributed by atoms with van der Waals surface area (Å²) in [5.41, 5.74) is 0.993. The highest BCUT2D eigenvalue weighted by Gasteiger charge is 2.31. The number of unbranched alkanes of at least 4 members (excludes halogenated alkanes) is 2. The molecule has 4 N–H and O–H groups in total. The molecule has 0 bridgehead atoms. The highest BCUT2D eigenvalue weighted by atomic mass is 16.3. The molecule has 2 atom stereocenters. The molecule has 5 heteroatoms. The van der Waals surface area contributed by atoms with Gasteiger partial charge in [-0.05, 0) is 25.0 Å². The second-order valence-electron chi connectivity index (χ2n) is 7.28. The number of phenolic OH excluding ortho intramolecular Hbond substituents is 4. The van der Waals surface area contributed by atoms with E-state index in [1.54, 1.807) is 12.1 Å². The van der Waals surface area contributed by atoms with Crippen LogP contribution in [0.4, 0.5) is 0 Å². The normalized spacial score (nSPS) is 13.2. The van der Waals surface area contributed by atoms with Crippen molar-refractivity contribution in [2.45, 2.75) is 64.2 Å². The molecule has 0 aliphatic heterocycles. The Morgan fingerprint density at radius 1 is 0.750 bits per heavy atom. The number of carbonyl (C=O) groups excluding carboxylic acids is 1. The van der Waals surface area contributed by atoms with Crippen LogP contribution in [0.1, 0.15) is 75.3 Å². The van der Waals surface area contributed by atoms with E-state index in [-0.39, 0.29) is 28.8 Å². The van der Waals surface area contributed by atoms with E-state index in [4.69, 9.17) is 0 Å². The summed E-state index contributed by atoms with van der Waals surface area (Å²) >= 11 is 0. The van der Waals surface area contributed by atoms with Gasteiger partial charge in [0.2, 0.25) is 0 Å². The number of hydrogen-bond acceptors (Lipinski definition) is 5. The lowest BCUT2D eigenvalue weighted by Gasteiger charge is -2.24. The van der Waals surface area contributed by atoms with Crippen LogP contribution < -0.4 is 0 Å². The molecule has 0 aliphatic rings. The van der Waals surface area contributed by atoms with E-state index in [9.17, 15) is 25.2 Å². The molecule has 2 rings (SSSR count). The first-order valence-electron chi connectivity index (χ1n) is 9.96. The second-order valence-corrected chi connectivity index (χ2v) is 7.28. The van der Waals surface area contributed by atoms with Crippen molar-refractivity contribution in [2.75, 3.05) is 0 Å². The molecule has 0 saturated carbocycles. The van der Waals surface area contributed by atoms with Crippen molar-refractivity contribution in [1.29, 1.82) is 0 Å². The van der Waals surface area contributed by atoms with Crippen LogP contribution in [0.25, 0.3) is 0 Å². The van der Waals surface area contributed by atoms with Gasteiger partial charge in [-0.3, -0.25) is 4.79 Å². The minimum Gasteiger partial charge on any atom is -0.508 e. The van der Waals surface area contributed by atoms with Crippen LogP contribution in [-0.2, 0) is 4.79 Å². The predicted octanol–water partition coefficient (Wildman–Crippen LogP) is 5.33. The lowest BCUT2D eigenvalue weighted by atomic mass is 9.78. The van der Waals surface area contributed by atoms with Gasteiger partial charge in [-0.1, -0.05) is 51.7 Å². The van der Waals surface area contributed by atoms with Crippen LogP contribution in [0.2, 0.25) is 0 Å². The molecule has 2 unspecified atom stereocenters. The monoisotopic (exact) mass is 386 g/mol. The van der Waals surface area contributed by atoms with Crippen LogP contribution in [0.5, 0.6) is 23.0 Å². The molecule has 0 aliphatic carbocycles. The van der Waals surface area contributed by atoms with Gasteiger partial charge < -0.3 is 20.4 Å². The molecular formula is C23H30O5. The number of aromatic hydroxyl groups is 4. The summed E-state index contributed by atoms with van der Waals surface area (Å²) in [6, 6.07) is 8.63. The molecule has 5 nitrogen and oxygen atoms in total. The van der Waals surface area contributed by atoms with Crippen molar-refractivity contribution in [3.05, 3.63) is 47.5 Å². The summed E-state index contributed by atoms with van der Waals surface area (Å²) < 4.78 is 0. The van der Waals surface area contributed by atoms with E-state index in [1.807, 2.05) is 13.8 Å². The Kier molecular flexibility index (Phi) is 7.73. The minimum atomic E-state index is -0.532. The fraction of sp³-hybridized carbons (Fsp3) is 0.435. The van der Waals surface area contributed by atoms with Crippen LogP contribution in [0.3, 0.4) is 0 Å². The summed E-state index contributed by atoms with van der Waals surface area (Å²) in [5, 5.41) is 39.9. The quantitative estimate of drug-likeness (QED) is 0.443. The lowest BCUT2D eigenvalue weighted by Crippen LogP contribution is -2.21. The van der Waals surface area contributed by atoms with E-state index in [2.05, 4.69) is 0 Å². The molecule has 0 fully saturated rings. The molecule has 0 radical (unpaired) electrons.